The molecule has 1 aliphatic rings. The number of benzene rings is 1. The monoisotopic (exact) mass is 430 g/mol. The molecule has 0 saturated heterocycles. The summed E-state index contributed by atoms with van der Waals surface area (Å²) < 4.78 is 19.4. The Balaban J connectivity index is 1.88. The molecular weight excluding hydrogens is 403 g/mol. The SMILES string of the molecule is COc1cccc(C(=O)Nc2cc3c(cc2N(C)C)C(=O)N(C[C@@H](F)C(C)(C)O)C3)n1. The highest BCUT2D eigenvalue weighted by atomic mass is 19.1. The predicted molar refractivity (Wildman–Crippen MR) is 115 cm³/mol. The van der Waals surface area contributed by atoms with Crippen molar-refractivity contribution in [3.8, 4) is 5.88 Å². The van der Waals surface area contributed by atoms with Gasteiger partial charge in [-0.25, -0.2) is 9.37 Å². The van der Waals surface area contributed by atoms with Gasteiger partial charge in [-0.2, -0.15) is 0 Å². The Labute approximate surface area is 180 Å². The summed E-state index contributed by atoms with van der Waals surface area (Å²) in [6.07, 6.45) is -1.59. The number of hydrogen-bond donors (Lipinski definition) is 2. The third kappa shape index (κ3) is 4.77. The van der Waals surface area contributed by atoms with Gasteiger partial charge in [0.1, 0.15) is 11.9 Å². The first-order valence-electron chi connectivity index (χ1n) is 9.83. The summed E-state index contributed by atoms with van der Waals surface area (Å²) in [5, 5.41) is 12.7. The molecule has 1 aromatic carbocycles. The number of methoxy groups -OCH3 is 1. The van der Waals surface area contributed by atoms with Crippen LogP contribution in [0.3, 0.4) is 0 Å². The molecule has 0 spiro atoms. The summed E-state index contributed by atoms with van der Waals surface area (Å²) in [6.45, 7) is 2.72. The van der Waals surface area contributed by atoms with E-state index in [1.54, 1.807) is 49.3 Å². The van der Waals surface area contributed by atoms with Crippen LogP contribution in [0.25, 0.3) is 0 Å². The number of pyridine rings is 1. The lowest BCUT2D eigenvalue weighted by atomic mass is 10.0. The van der Waals surface area contributed by atoms with E-state index in [4.69, 9.17) is 4.74 Å². The van der Waals surface area contributed by atoms with Crippen molar-refractivity contribution >= 4 is 23.2 Å². The lowest BCUT2D eigenvalue weighted by Gasteiger charge is -2.26. The van der Waals surface area contributed by atoms with Crippen molar-refractivity contribution in [2.75, 3.05) is 38.0 Å². The van der Waals surface area contributed by atoms with Gasteiger partial charge in [0.25, 0.3) is 11.8 Å². The van der Waals surface area contributed by atoms with Crippen molar-refractivity contribution in [3.63, 3.8) is 0 Å². The lowest BCUT2D eigenvalue weighted by Crippen LogP contribution is -2.42. The average molecular weight is 430 g/mol. The molecule has 9 heteroatoms. The van der Waals surface area contributed by atoms with Gasteiger partial charge in [-0.1, -0.05) is 6.07 Å². The maximum Gasteiger partial charge on any atom is 0.274 e. The van der Waals surface area contributed by atoms with Crippen molar-refractivity contribution in [1.82, 2.24) is 9.88 Å². The van der Waals surface area contributed by atoms with E-state index in [0.717, 1.165) is 0 Å². The van der Waals surface area contributed by atoms with E-state index in [1.165, 1.54) is 25.9 Å². The fourth-order valence-corrected chi connectivity index (χ4v) is 3.29. The molecule has 1 aromatic heterocycles. The highest BCUT2D eigenvalue weighted by molar-refractivity contribution is 6.06. The van der Waals surface area contributed by atoms with Gasteiger partial charge >= 0.3 is 0 Å². The summed E-state index contributed by atoms with van der Waals surface area (Å²) in [4.78, 5) is 32.8. The Hall–Kier alpha value is -3.20. The molecule has 0 saturated carbocycles. The Kier molecular flexibility index (Phi) is 6.17. The van der Waals surface area contributed by atoms with Crippen LogP contribution in [-0.4, -0.2) is 66.3 Å². The molecule has 2 N–H and O–H groups in total. The molecule has 2 amide bonds. The summed E-state index contributed by atoms with van der Waals surface area (Å²) >= 11 is 0. The molecule has 0 bridgehead atoms. The van der Waals surface area contributed by atoms with Gasteiger partial charge in [0.2, 0.25) is 5.88 Å². The smallest absolute Gasteiger partial charge is 0.274 e. The Morgan fingerprint density at radius 1 is 1.39 bits per heavy atom. The number of aromatic nitrogens is 1. The van der Waals surface area contributed by atoms with Crippen LogP contribution in [0.1, 0.15) is 40.3 Å². The average Bonchev–Trinajstić information content (AvgIpc) is 3.01. The summed E-state index contributed by atoms with van der Waals surface area (Å²) in [6, 6.07) is 8.29. The number of anilines is 2. The third-order valence-electron chi connectivity index (χ3n) is 5.14. The van der Waals surface area contributed by atoms with Gasteiger partial charge in [0.15, 0.2) is 0 Å². The van der Waals surface area contributed by atoms with E-state index in [1.807, 2.05) is 0 Å². The molecule has 0 unspecified atom stereocenters. The van der Waals surface area contributed by atoms with Gasteiger partial charge in [0.05, 0.1) is 30.6 Å². The van der Waals surface area contributed by atoms with E-state index >= 15 is 0 Å². The third-order valence-corrected chi connectivity index (χ3v) is 5.14. The molecule has 3 rings (SSSR count). The summed E-state index contributed by atoms with van der Waals surface area (Å²) in [5.74, 6) is -0.408. The second kappa shape index (κ2) is 8.50. The van der Waals surface area contributed by atoms with E-state index in [9.17, 15) is 19.1 Å². The van der Waals surface area contributed by atoms with E-state index in [-0.39, 0.29) is 24.7 Å². The minimum absolute atomic E-state index is 0.188. The quantitative estimate of drug-likeness (QED) is 0.701. The van der Waals surface area contributed by atoms with Crippen LogP contribution in [0, 0.1) is 0 Å². The second-order valence-corrected chi connectivity index (χ2v) is 8.25. The number of nitrogens with one attached hydrogen (secondary N) is 1. The van der Waals surface area contributed by atoms with Crippen molar-refractivity contribution in [3.05, 3.63) is 47.2 Å². The molecular formula is C22H27FN4O4. The highest BCUT2D eigenvalue weighted by Crippen LogP contribution is 2.34. The first-order chi connectivity index (χ1) is 14.5. The molecule has 0 radical (unpaired) electrons. The van der Waals surface area contributed by atoms with E-state index in [0.29, 0.717) is 28.4 Å². The molecule has 2 aromatic rings. The largest absolute Gasteiger partial charge is 0.481 e. The maximum absolute atomic E-state index is 14.3. The fourth-order valence-electron chi connectivity index (χ4n) is 3.29. The number of alkyl halides is 1. The number of halogens is 1. The zero-order valence-electron chi connectivity index (χ0n) is 18.3. The molecule has 8 nitrogen and oxygen atoms in total. The zero-order chi connectivity index (χ0) is 22.9. The number of fused-ring (bicyclic) bond motifs is 1. The zero-order valence-corrected chi connectivity index (χ0v) is 18.3. The molecule has 1 atom stereocenters. The normalized spacial score (nSPS) is 14.3. The van der Waals surface area contributed by atoms with Crippen LogP contribution in [0.4, 0.5) is 15.8 Å². The lowest BCUT2D eigenvalue weighted by molar-refractivity contribution is -0.0159. The Morgan fingerprint density at radius 3 is 2.71 bits per heavy atom. The first-order valence-corrected chi connectivity index (χ1v) is 9.83. The van der Waals surface area contributed by atoms with Crippen molar-refractivity contribution in [1.29, 1.82) is 0 Å². The van der Waals surface area contributed by atoms with Crippen LogP contribution in [0.5, 0.6) is 5.88 Å². The van der Waals surface area contributed by atoms with Gasteiger partial charge in [-0.15, -0.1) is 0 Å². The van der Waals surface area contributed by atoms with Crippen molar-refractivity contribution in [2.24, 2.45) is 0 Å². The molecule has 1 aliphatic heterocycles. The van der Waals surface area contributed by atoms with Crippen LogP contribution in [0.15, 0.2) is 30.3 Å². The number of rotatable bonds is 7. The fraction of sp³-hybridized carbons (Fsp3) is 0.409. The van der Waals surface area contributed by atoms with Gasteiger partial charge in [0, 0.05) is 32.3 Å². The van der Waals surface area contributed by atoms with E-state index < -0.39 is 17.7 Å². The number of hydrogen-bond acceptors (Lipinski definition) is 6. The molecule has 0 aliphatic carbocycles. The summed E-state index contributed by atoms with van der Waals surface area (Å²) in [7, 11) is 5.06. The standard InChI is InChI=1S/C22H27FN4O4/c1-22(2,30)18(23)12-27-11-13-9-16(17(26(3)4)10-14(13)21(27)29)25-20(28)15-7-6-8-19(24-15)31-5/h6-10,18,30H,11-12H2,1-5H3,(H,25,28)/t18-/m1/s1. The molecule has 166 valence electrons. The summed E-state index contributed by atoms with van der Waals surface area (Å²) in [5.41, 5.74) is 0.897. The predicted octanol–water partition coefficient (Wildman–Crippen LogP) is 2.47. The van der Waals surface area contributed by atoms with Crippen molar-refractivity contribution in [2.45, 2.75) is 32.2 Å². The number of nitrogens with zero attached hydrogens (tertiary/aromatic N) is 3. The highest BCUT2D eigenvalue weighted by Gasteiger charge is 2.35. The maximum atomic E-state index is 14.3. The number of ether oxygens (including phenoxy) is 1. The number of aliphatic hydroxyl groups is 1. The van der Waals surface area contributed by atoms with Crippen LogP contribution < -0.4 is 15.0 Å². The topological polar surface area (TPSA) is 95.0 Å². The first kappa shape index (κ1) is 22.5. The second-order valence-electron chi connectivity index (χ2n) is 8.25. The minimum Gasteiger partial charge on any atom is -0.481 e. The van der Waals surface area contributed by atoms with Crippen LogP contribution in [-0.2, 0) is 6.54 Å². The van der Waals surface area contributed by atoms with Gasteiger partial charge in [-0.05, 0) is 37.6 Å². The molecule has 2 heterocycles. The number of carbonyl (C=O) groups is 2. The van der Waals surface area contributed by atoms with Gasteiger partial charge < -0.3 is 25.0 Å². The number of amides is 2. The molecule has 0 fully saturated rings. The Morgan fingerprint density at radius 2 is 2.10 bits per heavy atom. The molecule has 31 heavy (non-hydrogen) atoms. The minimum atomic E-state index is -1.59. The van der Waals surface area contributed by atoms with Crippen LogP contribution in [0.2, 0.25) is 0 Å². The Bertz CT molecular complexity index is 1000. The number of carbonyl (C=O) groups excluding carboxylic acids is 2. The van der Waals surface area contributed by atoms with Crippen LogP contribution >= 0.6 is 0 Å². The van der Waals surface area contributed by atoms with Crippen molar-refractivity contribution < 1.29 is 23.8 Å². The van der Waals surface area contributed by atoms with Gasteiger partial charge in [-0.3, -0.25) is 9.59 Å². The van der Waals surface area contributed by atoms with E-state index in [2.05, 4.69) is 10.3 Å².